The largest absolute Gasteiger partial charge is 0.490 e. The zero-order valence-electron chi connectivity index (χ0n) is 17.0. The van der Waals surface area contributed by atoms with Crippen molar-refractivity contribution < 1.29 is 46.1 Å². The standard InChI is InChI=1S/C15H21N3.2C2HF3O2/c1-2-18-9-6-14-13(4-3-5-15(14)18)12-17-10-7-16-8-11-17;2*3-2(4,5)1(6)7/h3-6,9,16H,2,7-8,10-12H2,1H3;2*(H,6,7). The van der Waals surface area contributed by atoms with Gasteiger partial charge in [0.1, 0.15) is 0 Å². The number of benzene rings is 1. The average Bonchev–Trinajstić information content (AvgIpc) is 3.12. The number of halogens is 6. The van der Waals surface area contributed by atoms with Crippen LogP contribution in [0.25, 0.3) is 10.9 Å². The molecule has 0 bridgehead atoms. The van der Waals surface area contributed by atoms with E-state index in [1.54, 1.807) is 0 Å². The number of carbonyl (C=O) groups is 2. The minimum atomic E-state index is -5.08. The van der Waals surface area contributed by atoms with Gasteiger partial charge in [-0.1, -0.05) is 12.1 Å². The molecule has 1 fully saturated rings. The second kappa shape index (κ2) is 11.7. The molecule has 0 saturated carbocycles. The van der Waals surface area contributed by atoms with Crippen molar-refractivity contribution in [3.8, 4) is 0 Å². The van der Waals surface area contributed by atoms with Crippen LogP contribution in [0.2, 0.25) is 0 Å². The van der Waals surface area contributed by atoms with Crippen molar-refractivity contribution >= 4 is 22.8 Å². The predicted molar refractivity (Wildman–Crippen MR) is 103 cm³/mol. The summed E-state index contributed by atoms with van der Waals surface area (Å²) in [5.74, 6) is -5.51. The maximum Gasteiger partial charge on any atom is 0.490 e. The highest BCUT2D eigenvalue weighted by Gasteiger charge is 2.38. The van der Waals surface area contributed by atoms with E-state index < -0.39 is 24.3 Å². The quantitative estimate of drug-likeness (QED) is 0.595. The van der Waals surface area contributed by atoms with E-state index in [0.717, 1.165) is 39.3 Å². The van der Waals surface area contributed by atoms with Crippen LogP contribution in [0.3, 0.4) is 0 Å². The van der Waals surface area contributed by atoms with Gasteiger partial charge in [-0.15, -0.1) is 0 Å². The average molecular weight is 471 g/mol. The highest BCUT2D eigenvalue weighted by molar-refractivity contribution is 5.83. The van der Waals surface area contributed by atoms with Crippen LogP contribution in [-0.4, -0.2) is 70.2 Å². The first kappa shape index (κ1) is 27.2. The maximum atomic E-state index is 10.6. The summed E-state index contributed by atoms with van der Waals surface area (Å²) in [4.78, 5) is 20.3. The van der Waals surface area contributed by atoms with Crippen molar-refractivity contribution in [1.82, 2.24) is 14.8 Å². The van der Waals surface area contributed by atoms with Crippen LogP contribution in [0.1, 0.15) is 12.5 Å². The van der Waals surface area contributed by atoms with E-state index in [4.69, 9.17) is 19.8 Å². The van der Waals surface area contributed by atoms with Crippen LogP contribution in [0.5, 0.6) is 0 Å². The molecule has 0 aliphatic carbocycles. The summed E-state index contributed by atoms with van der Waals surface area (Å²) < 4.78 is 65.8. The van der Waals surface area contributed by atoms with Gasteiger partial charge >= 0.3 is 24.3 Å². The van der Waals surface area contributed by atoms with Crippen molar-refractivity contribution in [2.45, 2.75) is 32.4 Å². The molecule has 32 heavy (non-hydrogen) atoms. The zero-order valence-corrected chi connectivity index (χ0v) is 17.0. The normalized spacial score (nSPS) is 14.7. The van der Waals surface area contributed by atoms with Crippen LogP contribution in [-0.2, 0) is 22.7 Å². The minimum Gasteiger partial charge on any atom is -0.475 e. The highest BCUT2D eigenvalue weighted by Crippen LogP contribution is 2.22. The van der Waals surface area contributed by atoms with Gasteiger partial charge in [0.25, 0.3) is 0 Å². The Bertz CT molecular complexity index is 865. The zero-order chi connectivity index (χ0) is 24.5. The summed E-state index contributed by atoms with van der Waals surface area (Å²) >= 11 is 0. The second-order valence-electron chi connectivity index (χ2n) is 6.58. The molecule has 1 saturated heterocycles. The summed E-state index contributed by atoms with van der Waals surface area (Å²) in [5.41, 5.74) is 2.83. The van der Waals surface area contributed by atoms with E-state index in [1.807, 2.05) is 0 Å². The number of nitrogens with one attached hydrogen (secondary N) is 1. The lowest BCUT2D eigenvalue weighted by atomic mass is 10.1. The van der Waals surface area contributed by atoms with E-state index in [9.17, 15) is 26.3 Å². The van der Waals surface area contributed by atoms with Crippen LogP contribution in [0, 0.1) is 0 Å². The molecule has 1 aliphatic rings. The number of aliphatic carboxylic acids is 2. The summed E-state index contributed by atoms with van der Waals surface area (Å²) in [6, 6.07) is 8.94. The fraction of sp³-hybridized carbons (Fsp3) is 0.474. The molecule has 1 aromatic carbocycles. The van der Waals surface area contributed by atoms with Gasteiger partial charge in [0, 0.05) is 56.4 Å². The van der Waals surface area contributed by atoms with E-state index >= 15 is 0 Å². The number of fused-ring (bicyclic) bond motifs is 1. The molecule has 2 aromatic rings. The number of aromatic nitrogens is 1. The molecule has 2 heterocycles. The molecule has 3 rings (SSSR count). The van der Waals surface area contributed by atoms with Gasteiger partial charge in [-0.25, -0.2) is 9.59 Å². The van der Waals surface area contributed by atoms with Crippen LogP contribution in [0.15, 0.2) is 30.5 Å². The first-order valence-electron chi connectivity index (χ1n) is 9.37. The molecule has 0 spiro atoms. The highest BCUT2D eigenvalue weighted by atomic mass is 19.4. The Labute approximate surface area is 179 Å². The Morgan fingerprint density at radius 1 is 0.969 bits per heavy atom. The molecule has 1 aromatic heterocycles. The Morgan fingerprint density at radius 2 is 1.47 bits per heavy atom. The number of rotatable bonds is 3. The summed E-state index contributed by atoms with van der Waals surface area (Å²) in [6.07, 6.45) is -7.97. The molecular formula is C19H23F6N3O4. The van der Waals surface area contributed by atoms with E-state index in [-0.39, 0.29) is 0 Å². The number of carboxylic acids is 2. The number of nitrogens with zero attached hydrogens (tertiary/aromatic N) is 2. The number of hydrogen-bond donors (Lipinski definition) is 3. The third-order valence-electron chi connectivity index (χ3n) is 4.33. The SMILES string of the molecule is CCn1ccc2c(CN3CCNCC3)cccc21.O=C(O)C(F)(F)F.O=C(O)C(F)(F)F. The number of alkyl halides is 6. The molecule has 7 nitrogen and oxygen atoms in total. The Kier molecular flexibility index (Phi) is 9.97. The molecule has 13 heteroatoms. The topological polar surface area (TPSA) is 94.8 Å². The van der Waals surface area contributed by atoms with Gasteiger partial charge in [-0.2, -0.15) is 26.3 Å². The third-order valence-corrected chi connectivity index (χ3v) is 4.33. The monoisotopic (exact) mass is 471 g/mol. The summed E-state index contributed by atoms with van der Waals surface area (Å²) in [6.45, 7) is 8.86. The second-order valence-corrected chi connectivity index (χ2v) is 6.58. The van der Waals surface area contributed by atoms with Crippen molar-refractivity contribution in [2.24, 2.45) is 0 Å². The van der Waals surface area contributed by atoms with Crippen molar-refractivity contribution in [1.29, 1.82) is 0 Å². The smallest absolute Gasteiger partial charge is 0.475 e. The van der Waals surface area contributed by atoms with Gasteiger partial charge in [-0.05, 0) is 24.6 Å². The summed E-state index contributed by atoms with van der Waals surface area (Å²) in [5, 5.41) is 19.1. The number of hydrogen-bond acceptors (Lipinski definition) is 4. The maximum absolute atomic E-state index is 10.6. The molecule has 0 atom stereocenters. The van der Waals surface area contributed by atoms with Gasteiger partial charge in [0.15, 0.2) is 0 Å². The lowest BCUT2D eigenvalue weighted by Crippen LogP contribution is -2.42. The van der Waals surface area contributed by atoms with Crippen molar-refractivity contribution in [3.63, 3.8) is 0 Å². The van der Waals surface area contributed by atoms with E-state index in [2.05, 4.69) is 52.2 Å². The first-order chi connectivity index (χ1) is 14.8. The van der Waals surface area contributed by atoms with E-state index in [1.165, 1.54) is 16.5 Å². The lowest BCUT2D eigenvalue weighted by Gasteiger charge is -2.27. The fourth-order valence-corrected chi connectivity index (χ4v) is 2.81. The minimum absolute atomic E-state index is 1.04. The molecule has 3 N–H and O–H groups in total. The number of piperazine rings is 1. The van der Waals surface area contributed by atoms with Crippen LogP contribution < -0.4 is 5.32 Å². The van der Waals surface area contributed by atoms with Crippen molar-refractivity contribution in [2.75, 3.05) is 26.2 Å². The predicted octanol–water partition coefficient (Wildman–Crippen LogP) is 3.33. The molecule has 0 unspecified atom stereocenters. The van der Waals surface area contributed by atoms with Crippen LogP contribution >= 0.6 is 0 Å². The van der Waals surface area contributed by atoms with Crippen LogP contribution in [0.4, 0.5) is 26.3 Å². The first-order valence-corrected chi connectivity index (χ1v) is 9.37. The molecule has 180 valence electrons. The van der Waals surface area contributed by atoms with Gasteiger partial charge in [-0.3, -0.25) is 4.90 Å². The molecule has 0 amide bonds. The molecule has 0 radical (unpaired) electrons. The third kappa shape index (κ3) is 8.75. The van der Waals surface area contributed by atoms with Gasteiger partial charge in [0.2, 0.25) is 0 Å². The number of aryl methyl sites for hydroxylation is 1. The number of carboxylic acid groups (broad SMARTS) is 2. The van der Waals surface area contributed by atoms with E-state index in [0.29, 0.717) is 0 Å². The summed E-state index contributed by atoms with van der Waals surface area (Å²) in [7, 11) is 0. The fourth-order valence-electron chi connectivity index (χ4n) is 2.81. The molecular weight excluding hydrogens is 448 g/mol. The van der Waals surface area contributed by atoms with Gasteiger partial charge < -0.3 is 20.1 Å². The lowest BCUT2D eigenvalue weighted by molar-refractivity contribution is -0.193. The Morgan fingerprint density at radius 3 is 1.91 bits per heavy atom. The van der Waals surface area contributed by atoms with Crippen molar-refractivity contribution in [3.05, 3.63) is 36.0 Å². The Balaban J connectivity index is 0.000000305. The molecule has 1 aliphatic heterocycles. The van der Waals surface area contributed by atoms with Gasteiger partial charge in [0.05, 0.1) is 0 Å². The Hall–Kier alpha value is -2.80.